The van der Waals surface area contributed by atoms with E-state index in [0.29, 0.717) is 0 Å². The Bertz CT molecular complexity index is 219. The van der Waals surface area contributed by atoms with E-state index < -0.39 is 22.9 Å². The Hall–Kier alpha value is -0.770. The molecule has 0 saturated heterocycles. The molecule has 1 atom stereocenters. The van der Waals surface area contributed by atoms with Crippen LogP contribution in [-0.2, 0) is 19.1 Å². The van der Waals surface area contributed by atoms with Gasteiger partial charge in [0.15, 0.2) is 0 Å². The molecule has 5 heteroatoms. The van der Waals surface area contributed by atoms with Crippen LogP contribution in [0.4, 0.5) is 0 Å². The monoisotopic (exact) mass is 222 g/mol. The third-order valence-electron chi connectivity index (χ3n) is 1.29. The molecule has 1 unspecified atom stereocenters. The summed E-state index contributed by atoms with van der Waals surface area (Å²) in [6.07, 6.45) is 0. The van der Waals surface area contributed by atoms with E-state index in [0.717, 1.165) is 0 Å². The number of carbonyl (C=O) groups is 2. The topological polar surface area (TPSA) is 52.6 Å². The fourth-order valence-corrected chi connectivity index (χ4v) is 0.671. The molecule has 0 aliphatic carbocycles. The minimum Gasteiger partial charge on any atom is -0.462 e. The van der Waals surface area contributed by atoms with Crippen LogP contribution in [0, 0.1) is 5.41 Å². The standard InChI is InChI=1S/C9H15ClO4/c1-5-13-7(11)6(10)14-8(12)9(2,3)4/h6H,5H2,1-4H3. The normalized spacial score (nSPS) is 13.2. The van der Waals surface area contributed by atoms with E-state index >= 15 is 0 Å². The van der Waals surface area contributed by atoms with Gasteiger partial charge in [-0.25, -0.2) is 4.79 Å². The van der Waals surface area contributed by atoms with Gasteiger partial charge in [-0.2, -0.15) is 0 Å². The highest BCUT2D eigenvalue weighted by atomic mass is 35.5. The van der Waals surface area contributed by atoms with Gasteiger partial charge in [-0.3, -0.25) is 4.79 Å². The van der Waals surface area contributed by atoms with Crippen molar-refractivity contribution >= 4 is 23.5 Å². The van der Waals surface area contributed by atoms with Crippen molar-refractivity contribution in [3.63, 3.8) is 0 Å². The Morgan fingerprint density at radius 2 is 1.86 bits per heavy atom. The summed E-state index contributed by atoms with van der Waals surface area (Å²) in [5, 5.41) is 0. The van der Waals surface area contributed by atoms with E-state index in [-0.39, 0.29) is 6.61 Å². The van der Waals surface area contributed by atoms with Crippen molar-refractivity contribution in [1.82, 2.24) is 0 Å². The van der Waals surface area contributed by atoms with E-state index in [9.17, 15) is 9.59 Å². The molecule has 0 aromatic heterocycles. The number of halogens is 1. The molecule has 0 aromatic carbocycles. The lowest BCUT2D eigenvalue weighted by atomic mass is 9.97. The van der Waals surface area contributed by atoms with E-state index in [4.69, 9.17) is 11.6 Å². The molecule has 0 aromatic rings. The molecule has 0 saturated carbocycles. The van der Waals surface area contributed by atoms with Gasteiger partial charge in [-0.1, -0.05) is 11.6 Å². The molecule has 0 fully saturated rings. The SMILES string of the molecule is CCOC(=O)C(Cl)OC(=O)C(C)(C)C. The van der Waals surface area contributed by atoms with Gasteiger partial charge in [0.25, 0.3) is 5.56 Å². The first kappa shape index (κ1) is 13.2. The number of rotatable bonds is 3. The smallest absolute Gasteiger partial charge is 0.363 e. The van der Waals surface area contributed by atoms with E-state index in [1.54, 1.807) is 27.7 Å². The summed E-state index contributed by atoms with van der Waals surface area (Å²) < 4.78 is 9.25. The van der Waals surface area contributed by atoms with E-state index in [1.165, 1.54) is 0 Å². The first-order valence-electron chi connectivity index (χ1n) is 4.30. The second-order valence-corrected chi connectivity index (χ2v) is 4.12. The van der Waals surface area contributed by atoms with Crippen LogP contribution in [0.2, 0.25) is 0 Å². The van der Waals surface area contributed by atoms with Crippen molar-refractivity contribution in [3.8, 4) is 0 Å². The van der Waals surface area contributed by atoms with Gasteiger partial charge in [-0.05, 0) is 27.7 Å². The van der Waals surface area contributed by atoms with Crippen LogP contribution in [0.25, 0.3) is 0 Å². The summed E-state index contributed by atoms with van der Waals surface area (Å²) in [6.45, 7) is 6.86. The Morgan fingerprint density at radius 1 is 1.36 bits per heavy atom. The van der Waals surface area contributed by atoms with Crippen LogP contribution < -0.4 is 0 Å². The fourth-order valence-electron chi connectivity index (χ4n) is 0.527. The molecule has 0 N–H and O–H groups in total. The van der Waals surface area contributed by atoms with Crippen LogP contribution in [0.3, 0.4) is 0 Å². The zero-order valence-electron chi connectivity index (χ0n) is 8.80. The number of esters is 2. The van der Waals surface area contributed by atoms with Crippen molar-refractivity contribution in [2.75, 3.05) is 6.61 Å². The molecule has 0 heterocycles. The molecule has 0 aliphatic rings. The Kier molecular flexibility index (Phi) is 4.91. The number of hydrogen-bond acceptors (Lipinski definition) is 4. The van der Waals surface area contributed by atoms with Gasteiger partial charge in [-0.15, -0.1) is 0 Å². The first-order chi connectivity index (χ1) is 6.29. The summed E-state index contributed by atoms with van der Waals surface area (Å²) in [7, 11) is 0. The average molecular weight is 223 g/mol. The summed E-state index contributed by atoms with van der Waals surface area (Å²) in [4.78, 5) is 22.2. The number of hydrogen-bond donors (Lipinski definition) is 0. The van der Waals surface area contributed by atoms with Crippen LogP contribution in [0.15, 0.2) is 0 Å². The van der Waals surface area contributed by atoms with Crippen LogP contribution >= 0.6 is 11.6 Å². The van der Waals surface area contributed by atoms with Crippen molar-refractivity contribution in [3.05, 3.63) is 0 Å². The highest BCUT2D eigenvalue weighted by Crippen LogP contribution is 2.17. The average Bonchev–Trinajstić information content (AvgIpc) is 2.02. The van der Waals surface area contributed by atoms with Crippen LogP contribution in [0.1, 0.15) is 27.7 Å². The van der Waals surface area contributed by atoms with E-state index in [1.807, 2.05) is 0 Å². The molecule has 0 aliphatic heterocycles. The van der Waals surface area contributed by atoms with Crippen molar-refractivity contribution < 1.29 is 19.1 Å². The predicted molar refractivity (Wildman–Crippen MR) is 51.8 cm³/mol. The molecule has 4 nitrogen and oxygen atoms in total. The van der Waals surface area contributed by atoms with E-state index in [2.05, 4.69) is 9.47 Å². The lowest BCUT2D eigenvalue weighted by Gasteiger charge is -2.18. The van der Waals surface area contributed by atoms with Crippen molar-refractivity contribution in [2.45, 2.75) is 33.3 Å². The lowest BCUT2D eigenvalue weighted by molar-refractivity contribution is -0.166. The molecular weight excluding hydrogens is 208 g/mol. The summed E-state index contributed by atoms with van der Waals surface area (Å²) in [5.74, 6) is -1.28. The Balaban J connectivity index is 4.13. The Morgan fingerprint density at radius 3 is 2.21 bits per heavy atom. The molecule has 0 spiro atoms. The molecule has 0 radical (unpaired) electrons. The number of carbonyl (C=O) groups excluding carboxylic acids is 2. The number of ether oxygens (including phenoxy) is 2. The summed E-state index contributed by atoms with van der Waals surface area (Å²) >= 11 is 5.49. The van der Waals surface area contributed by atoms with Crippen LogP contribution in [-0.4, -0.2) is 24.1 Å². The van der Waals surface area contributed by atoms with Crippen molar-refractivity contribution in [1.29, 1.82) is 0 Å². The highest BCUT2D eigenvalue weighted by Gasteiger charge is 2.29. The van der Waals surface area contributed by atoms with Crippen LogP contribution in [0.5, 0.6) is 0 Å². The van der Waals surface area contributed by atoms with Gasteiger partial charge in [0.05, 0.1) is 12.0 Å². The quantitative estimate of drug-likeness (QED) is 0.539. The maximum absolute atomic E-state index is 11.3. The molecule has 0 amide bonds. The maximum Gasteiger partial charge on any atom is 0.363 e. The van der Waals surface area contributed by atoms with Gasteiger partial charge < -0.3 is 9.47 Å². The molecule has 0 rings (SSSR count). The molecule has 14 heavy (non-hydrogen) atoms. The third-order valence-corrected chi connectivity index (χ3v) is 1.56. The maximum atomic E-state index is 11.3. The minimum absolute atomic E-state index is 0.203. The predicted octanol–water partition coefficient (Wildman–Crippen LogP) is 1.70. The minimum atomic E-state index is -1.36. The molecular formula is C9H15ClO4. The highest BCUT2D eigenvalue weighted by molar-refractivity contribution is 6.29. The second-order valence-electron chi connectivity index (χ2n) is 3.72. The zero-order valence-corrected chi connectivity index (χ0v) is 9.55. The molecule has 82 valence electrons. The third kappa shape index (κ3) is 4.46. The first-order valence-corrected chi connectivity index (χ1v) is 4.74. The number of alkyl halides is 1. The largest absolute Gasteiger partial charge is 0.462 e. The second kappa shape index (κ2) is 5.20. The van der Waals surface area contributed by atoms with Crippen molar-refractivity contribution in [2.24, 2.45) is 5.41 Å². The van der Waals surface area contributed by atoms with Gasteiger partial charge in [0.1, 0.15) is 0 Å². The van der Waals surface area contributed by atoms with Gasteiger partial charge >= 0.3 is 11.9 Å². The summed E-state index contributed by atoms with van der Waals surface area (Å²) in [6, 6.07) is 0. The lowest BCUT2D eigenvalue weighted by Crippen LogP contribution is -2.30. The zero-order chi connectivity index (χ0) is 11.4. The fraction of sp³-hybridized carbons (Fsp3) is 0.778. The van der Waals surface area contributed by atoms with Gasteiger partial charge in [0, 0.05) is 0 Å². The Labute approximate surface area is 88.5 Å². The molecule has 0 bridgehead atoms. The summed E-state index contributed by atoms with van der Waals surface area (Å²) in [5.41, 5.74) is -2.04. The van der Waals surface area contributed by atoms with Gasteiger partial charge in [0.2, 0.25) is 0 Å².